The summed E-state index contributed by atoms with van der Waals surface area (Å²) in [6, 6.07) is 3.32. The van der Waals surface area contributed by atoms with E-state index in [-0.39, 0.29) is 11.9 Å². The van der Waals surface area contributed by atoms with Gasteiger partial charge in [-0.2, -0.15) is 0 Å². The van der Waals surface area contributed by atoms with Crippen molar-refractivity contribution in [1.29, 1.82) is 0 Å². The number of aromatic nitrogens is 2. The molecule has 2 aromatic heterocycles. The minimum absolute atomic E-state index is 0.0847. The zero-order valence-corrected chi connectivity index (χ0v) is 15.2. The number of carbonyl (C=O) groups excluding carboxylic acids is 1. The zero-order valence-electron chi connectivity index (χ0n) is 14.4. The highest BCUT2D eigenvalue weighted by atomic mass is 32.1. The Morgan fingerprint density at radius 2 is 2.12 bits per heavy atom. The third-order valence-corrected chi connectivity index (χ3v) is 5.45. The van der Waals surface area contributed by atoms with Gasteiger partial charge < -0.3 is 14.9 Å². The second-order valence-corrected chi connectivity index (χ2v) is 7.34. The Morgan fingerprint density at radius 3 is 2.72 bits per heavy atom. The molecule has 2 aromatic rings. The number of thiophene rings is 1. The summed E-state index contributed by atoms with van der Waals surface area (Å²) in [6.07, 6.45) is 3.31. The molecule has 132 valence electrons. The van der Waals surface area contributed by atoms with E-state index in [1.54, 1.807) is 29.0 Å². The molecule has 25 heavy (non-hydrogen) atoms. The molecule has 0 aromatic carbocycles. The molecular weight excluding hydrogens is 340 g/mol. The van der Waals surface area contributed by atoms with Gasteiger partial charge >= 0.3 is 5.97 Å². The van der Waals surface area contributed by atoms with Crippen LogP contribution in [0.1, 0.15) is 49.5 Å². The molecule has 1 N–H and O–H groups in total. The Labute approximate surface area is 149 Å². The molecule has 0 unspecified atom stereocenters. The molecule has 8 heteroatoms. The van der Waals surface area contributed by atoms with E-state index in [2.05, 4.69) is 9.97 Å². The normalized spacial score (nSPS) is 16.9. The second-order valence-electron chi connectivity index (χ2n) is 6.23. The van der Waals surface area contributed by atoms with Crippen molar-refractivity contribution < 1.29 is 14.7 Å². The van der Waals surface area contributed by atoms with E-state index in [4.69, 9.17) is 5.11 Å². The molecule has 7 nitrogen and oxygen atoms in total. The highest BCUT2D eigenvalue weighted by molar-refractivity contribution is 7.14. The fraction of sp³-hybridized carbons (Fsp3) is 0.412. The molecule has 0 saturated carbocycles. The maximum atomic E-state index is 13.0. The lowest BCUT2D eigenvalue weighted by atomic mass is 10.1. The predicted octanol–water partition coefficient (Wildman–Crippen LogP) is 2.59. The summed E-state index contributed by atoms with van der Waals surface area (Å²) < 4.78 is 0. The van der Waals surface area contributed by atoms with Crippen LogP contribution in [0, 0.1) is 6.92 Å². The Hall–Kier alpha value is -2.48. The summed E-state index contributed by atoms with van der Waals surface area (Å²) in [5, 5.41) is 9.11. The van der Waals surface area contributed by atoms with Crippen molar-refractivity contribution in [3.8, 4) is 0 Å². The van der Waals surface area contributed by atoms with Crippen LogP contribution in [0.4, 0.5) is 5.95 Å². The van der Waals surface area contributed by atoms with E-state index >= 15 is 0 Å². The van der Waals surface area contributed by atoms with E-state index in [0.29, 0.717) is 28.6 Å². The van der Waals surface area contributed by atoms with Crippen molar-refractivity contribution in [2.24, 2.45) is 0 Å². The number of hydrogen-bond donors (Lipinski definition) is 1. The van der Waals surface area contributed by atoms with Crippen LogP contribution in [0.25, 0.3) is 0 Å². The van der Waals surface area contributed by atoms with Crippen LogP contribution >= 0.6 is 11.3 Å². The van der Waals surface area contributed by atoms with Crippen molar-refractivity contribution in [3.05, 3.63) is 39.3 Å². The average Bonchev–Trinajstić information content (AvgIpc) is 3.22. The summed E-state index contributed by atoms with van der Waals surface area (Å²) in [5.41, 5.74) is 1.14. The minimum Gasteiger partial charge on any atom is -0.477 e. The third-order valence-electron chi connectivity index (χ3n) is 4.28. The Kier molecular flexibility index (Phi) is 4.71. The van der Waals surface area contributed by atoms with Gasteiger partial charge in [0.05, 0.1) is 17.3 Å². The van der Waals surface area contributed by atoms with Crippen molar-refractivity contribution in [2.75, 3.05) is 25.5 Å². The molecule has 1 atom stereocenters. The first-order valence-corrected chi connectivity index (χ1v) is 8.85. The first-order valence-electron chi connectivity index (χ1n) is 8.03. The highest BCUT2D eigenvalue weighted by Gasteiger charge is 2.33. The maximum Gasteiger partial charge on any atom is 0.345 e. The third kappa shape index (κ3) is 3.34. The number of anilines is 1. The minimum atomic E-state index is -0.935. The van der Waals surface area contributed by atoms with Crippen LogP contribution in [0.5, 0.6) is 0 Å². The van der Waals surface area contributed by atoms with Crippen LogP contribution in [-0.2, 0) is 0 Å². The average molecular weight is 360 g/mol. The Balaban J connectivity index is 1.86. The SMILES string of the molecule is Cc1nc(N(C)C)ncc1C(=O)N1CCC[C@H]1c1ccc(C(=O)O)s1. The summed E-state index contributed by atoms with van der Waals surface area (Å²) in [7, 11) is 3.70. The quantitative estimate of drug-likeness (QED) is 0.902. The molecule has 1 amide bonds. The van der Waals surface area contributed by atoms with Crippen LogP contribution in [0.3, 0.4) is 0 Å². The molecule has 0 bridgehead atoms. The Bertz CT molecular complexity index is 818. The van der Waals surface area contributed by atoms with E-state index < -0.39 is 5.97 Å². The van der Waals surface area contributed by atoms with Gasteiger partial charge in [-0.1, -0.05) is 0 Å². The molecule has 0 aliphatic carbocycles. The molecule has 1 aliphatic rings. The van der Waals surface area contributed by atoms with Gasteiger partial charge in [-0.25, -0.2) is 14.8 Å². The first-order chi connectivity index (χ1) is 11.9. The highest BCUT2D eigenvalue weighted by Crippen LogP contribution is 2.37. The smallest absolute Gasteiger partial charge is 0.345 e. The second kappa shape index (κ2) is 6.79. The molecule has 1 aliphatic heterocycles. The lowest BCUT2D eigenvalue weighted by molar-refractivity contribution is 0.0700. The van der Waals surface area contributed by atoms with Gasteiger partial charge in [0, 0.05) is 31.7 Å². The largest absolute Gasteiger partial charge is 0.477 e. The fourth-order valence-electron chi connectivity index (χ4n) is 2.99. The molecule has 3 heterocycles. The lowest BCUT2D eigenvalue weighted by Gasteiger charge is -2.24. The van der Waals surface area contributed by atoms with Crippen LogP contribution in [0.15, 0.2) is 18.3 Å². The zero-order chi connectivity index (χ0) is 18.1. The number of carboxylic acid groups (broad SMARTS) is 1. The molecule has 0 spiro atoms. The fourth-order valence-corrected chi connectivity index (χ4v) is 3.98. The van der Waals surface area contributed by atoms with E-state index in [1.165, 1.54) is 11.3 Å². The molecular formula is C17H20N4O3S. The number of aromatic carboxylic acids is 1. The van der Waals surface area contributed by atoms with Crippen molar-refractivity contribution in [3.63, 3.8) is 0 Å². The number of rotatable bonds is 4. The molecule has 1 fully saturated rings. The van der Waals surface area contributed by atoms with Crippen LogP contribution in [-0.4, -0.2) is 52.5 Å². The summed E-state index contributed by atoms with van der Waals surface area (Å²) in [5.74, 6) is -0.470. The van der Waals surface area contributed by atoms with E-state index in [9.17, 15) is 9.59 Å². The van der Waals surface area contributed by atoms with Gasteiger partial charge in [-0.15, -0.1) is 11.3 Å². The van der Waals surface area contributed by atoms with Gasteiger partial charge in [-0.3, -0.25) is 4.79 Å². The molecule has 3 rings (SSSR count). The van der Waals surface area contributed by atoms with Gasteiger partial charge in [0.15, 0.2) is 0 Å². The van der Waals surface area contributed by atoms with Gasteiger partial charge in [0.25, 0.3) is 5.91 Å². The van der Waals surface area contributed by atoms with Crippen molar-refractivity contribution >= 4 is 29.2 Å². The number of carbonyl (C=O) groups is 2. The predicted molar refractivity (Wildman–Crippen MR) is 95.4 cm³/mol. The number of hydrogen-bond acceptors (Lipinski definition) is 6. The van der Waals surface area contributed by atoms with Crippen LogP contribution < -0.4 is 4.90 Å². The van der Waals surface area contributed by atoms with Gasteiger partial charge in [-0.05, 0) is 31.9 Å². The lowest BCUT2D eigenvalue weighted by Crippen LogP contribution is -2.31. The standard InChI is InChI=1S/C17H20N4O3S/c1-10-11(9-18-17(19-10)20(2)3)15(22)21-8-4-5-12(21)13-6-7-14(25-13)16(23)24/h6-7,9,12H,4-5,8H2,1-3H3,(H,23,24)/t12-/m0/s1. The number of likely N-dealkylation sites (tertiary alicyclic amines) is 1. The Morgan fingerprint density at radius 1 is 1.36 bits per heavy atom. The summed E-state index contributed by atoms with van der Waals surface area (Å²) in [6.45, 7) is 2.46. The number of amides is 1. The van der Waals surface area contributed by atoms with E-state index in [1.807, 2.05) is 20.2 Å². The maximum absolute atomic E-state index is 13.0. The van der Waals surface area contributed by atoms with Crippen molar-refractivity contribution in [1.82, 2.24) is 14.9 Å². The number of aryl methyl sites for hydroxylation is 1. The number of carboxylic acids is 1. The summed E-state index contributed by atoms with van der Waals surface area (Å²) >= 11 is 1.23. The van der Waals surface area contributed by atoms with E-state index in [0.717, 1.165) is 17.7 Å². The number of nitrogens with zero attached hydrogens (tertiary/aromatic N) is 4. The molecule has 1 saturated heterocycles. The van der Waals surface area contributed by atoms with Crippen molar-refractivity contribution in [2.45, 2.75) is 25.8 Å². The molecule has 0 radical (unpaired) electrons. The van der Waals surface area contributed by atoms with Gasteiger partial charge in [0.2, 0.25) is 5.95 Å². The monoisotopic (exact) mass is 360 g/mol. The topological polar surface area (TPSA) is 86.6 Å². The summed E-state index contributed by atoms with van der Waals surface area (Å²) in [4.78, 5) is 37.5. The van der Waals surface area contributed by atoms with Gasteiger partial charge in [0.1, 0.15) is 4.88 Å². The van der Waals surface area contributed by atoms with Crippen LogP contribution in [0.2, 0.25) is 0 Å². The first kappa shape index (κ1) is 17.3.